The Bertz CT molecular complexity index is 357. The van der Waals surface area contributed by atoms with Crippen molar-refractivity contribution in [2.24, 2.45) is 0 Å². The van der Waals surface area contributed by atoms with Gasteiger partial charge >= 0.3 is 0 Å². The highest BCUT2D eigenvalue weighted by molar-refractivity contribution is 6.67. The van der Waals surface area contributed by atoms with E-state index in [1.165, 1.54) is 5.48 Å². The van der Waals surface area contributed by atoms with Gasteiger partial charge in [-0.1, -0.05) is 0 Å². The van der Waals surface area contributed by atoms with E-state index in [4.69, 9.17) is 16.8 Å². The molecule has 0 aromatic heterocycles. The van der Waals surface area contributed by atoms with Crippen LogP contribution in [0.15, 0.2) is 12.1 Å². The second kappa shape index (κ2) is 3.68. The van der Waals surface area contributed by atoms with Crippen LogP contribution in [0.25, 0.3) is 0 Å². The highest BCUT2D eigenvalue weighted by Gasteiger charge is 2.18. The second-order valence-corrected chi connectivity index (χ2v) is 2.51. The van der Waals surface area contributed by atoms with E-state index in [9.17, 15) is 13.6 Å². The van der Waals surface area contributed by atoms with Gasteiger partial charge in [0.25, 0.3) is 5.24 Å². The van der Waals surface area contributed by atoms with E-state index in [1.807, 2.05) is 0 Å². The Balaban J connectivity index is 3.38. The molecule has 0 bridgehead atoms. The molecule has 0 saturated heterocycles. The van der Waals surface area contributed by atoms with Gasteiger partial charge in [-0.15, -0.1) is 0 Å². The molecule has 0 aliphatic heterocycles. The molecule has 0 atom stereocenters. The van der Waals surface area contributed by atoms with Crippen LogP contribution >= 0.6 is 11.6 Å². The Labute approximate surface area is 76.9 Å². The van der Waals surface area contributed by atoms with Crippen molar-refractivity contribution < 1.29 is 18.8 Å². The average Bonchev–Trinajstić information content (AvgIpc) is 2.04. The lowest BCUT2D eigenvalue weighted by Crippen LogP contribution is -2.03. The van der Waals surface area contributed by atoms with Crippen LogP contribution in [0.5, 0.6) is 0 Å². The number of nitrogens with one attached hydrogen (secondary N) is 1. The third kappa shape index (κ3) is 1.76. The predicted molar refractivity (Wildman–Crippen MR) is 42.0 cm³/mol. The van der Waals surface area contributed by atoms with E-state index >= 15 is 0 Å². The largest absolute Gasteiger partial charge is 0.291 e. The number of hydrogen-bond acceptors (Lipinski definition) is 3. The molecule has 0 aliphatic rings. The Hall–Kier alpha value is -1.20. The summed E-state index contributed by atoms with van der Waals surface area (Å²) < 4.78 is 25.8. The van der Waals surface area contributed by atoms with Crippen molar-refractivity contribution in [3.63, 3.8) is 0 Å². The summed E-state index contributed by atoms with van der Waals surface area (Å²) in [4.78, 5) is 10.5. The zero-order valence-electron chi connectivity index (χ0n) is 6.14. The molecule has 0 fully saturated rings. The minimum atomic E-state index is -1.26. The Morgan fingerprint density at radius 3 is 2.54 bits per heavy atom. The molecule has 70 valence electrons. The van der Waals surface area contributed by atoms with E-state index in [0.717, 1.165) is 12.1 Å². The van der Waals surface area contributed by atoms with Crippen molar-refractivity contribution in [2.75, 3.05) is 5.48 Å². The molecular weight excluding hydrogens is 204 g/mol. The fourth-order valence-electron chi connectivity index (χ4n) is 0.819. The molecule has 13 heavy (non-hydrogen) atoms. The van der Waals surface area contributed by atoms with Gasteiger partial charge in [0, 0.05) is 0 Å². The van der Waals surface area contributed by atoms with Gasteiger partial charge in [-0.05, 0) is 23.7 Å². The summed E-state index contributed by atoms with van der Waals surface area (Å²) >= 11 is 4.91. The zero-order chi connectivity index (χ0) is 10.0. The molecule has 1 aromatic rings. The quantitative estimate of drug-likeness (QED) is 0.577. The summed E-state index contributed by atoms with van der Waals surface area (Å²) in [6, 6.07) is 1.76. The first-order valence-electron chi connectivity index (χ1n) is 3.16. The molecule has 0 saturated carbocycles. The summed E-state index contributed by atoms with van der Waals surface area (Å²) in [6.45, 7) is 0. The first kappa shape index (κ1) is 9.88. The Kier molecular flexibility index (Phi) is 2.79. The van der Waals surface area contributed by atoms with Crippen LogP contribution in [0.1, 0.15) is 10.4 Å². The molecule has 1 aromatic carbocycles. The maximum atomic E-state index is 13.0. The maximum absolute atomic E-state index is 13.0. The molecule has 0 spiro atoms. The summed E-state index contributed by atoms with van der Waals surface area (Å²) in [5, 5.41) is 7.09. The summed E-state index contributed by atoms with van der Waals surface area (Å²) in [5.74, 6) is -2.29. The van der Waals surface area contributed by atoms with E-state index in [-0.39, 0.29) is 0 Å². The molecular formula is C7H4ClF2NO2. The summed E-state index contributed by atoms with van der Waals surface area (Å²) in [5.41, 5.74) is 0.165. The Morgan fingerprint density at radius 2 is 2.08 bits per heavy atom. The first-order chi connectivity index (χ1) is 6.07. The number of carbonyl (C=O) groups excluding carboxylic acids is 1. The van der Waals surface area contributed by atoms with E-state index < -0.39 is 28.1 Å². The van der Waals surface area contributed by atoms with Crippen molar-refractivity contribution in [2.45, 2.75) is 0 Å². The monoisotopic (exact) mass is 207 g/mol. The van der Waals surface area contributed by atoms with E-state index in [0.29, 0.717) is 0 Å². The molecule has 0 radical (unpaired) electrons. The zero-order valence-corrected chi connectivity index (χ0v) is 6.90. The van der Waals surface area contributed by atoms with Crippen LogP contribution < -0.4 is 5.48 Å². The van der Waals surface area contributed by atoms with Crippen molar-refractivity contribution in [3.05, 3.63) is 29.3 Å². The van der Waals surface area contributed by atoms with Crippen molar-refractivity contribution in [1.82, 2.24) is 0 Å². The van der Waals surface area contributed by atoms with Crippen LogP contribution in [0.3, 0.4) is 0 Å². The maximum Gasteiger partial charge on any atom is 0.258 e. The Morgan fingerprint density at radius 1 is 1.46 bits per heavy atom. The first-order valence-corrected chi connectivity index (χ1v) is 3.53. The number of benzene rings is 1. The van der Waals surface area contributed by atoms with Gasteiger partial charge in [0.15, 0.2) is 5.82 Å². The SMILES string of the molecule is O=C(Cl)c1c(F)ccc(NO)c1F. The topological polar surface area (TPSA) is 49.3 Å². The van der Waals surface area contributed by atoms with E-state index in [2.05, 4.69) is 0 Å². The van der Waals surface area contributed by atoms with Gasteiger partial charge in [0.1, 0.15) is 11.4 Å². The number of halogens is 3. The fraction of sp³-hybridized carbons (Fsp3) is 0. The summed E-state index contributed by atoms with van der Waals surface area (Å²) in [6.07, 6.45) is 0. The standard InChI is InChI=1S/C7H4ClF2NO2/c8-7(12)5-3(9)1-2-4(11-13)6(5)10/h1-2,11,13H. The van der Waals surface area contributed by atoms with Gasteiger partial charge in [-0.25, -0.2) is 8.78 Å². The van der Waals surface area contributed by atoms with Crippen LogP contribution in [0, 0.1) is 11.6 Å². The molecule has 0 unspecified atom stereocenters. The molecule has 3 nitrogen and oxygen atoms in total. The fourth-order valence-corrected chi connectivity index (χ4v) is 0.992. The minimum Gasteiger partial charge on any atom is -0.291 e. The van der Waals surface area contributed by atoms with Gasteiger partial charge in [-0.2, -0.15) is 0 Å². The lowest BCUT2D eigenvalue weighted by molar-refractivity contribution is 0.107. The molecule has 6 heteroatoms. The van der Waals surface area contributed by atoms with Crippen LogP contribution in [-0.4, -0.2) is 10.4 Å². The van der Waals surface area contributed by atoms with Crippen LogP contribution in [0.4, 0.5) is 14.5 Å². The number of anilines is 1. The molecule has 0 aliphatic carbocycles. The number of rotatable bonds is 2. The molecule has 2 N–H and O–H groups in total. The molecule has 0 amide bonds. The predicted octanol–water partition coefficient (Wildman–Crippen LogP) is 2.14. The van der Waals surface area contributed by atoms with Gasteiger partial charge in [0.05, 0.1) is 5.69 Å². The van der Waals surface area contributed by atoms with Crippen molar-refractivity contribution >= 4 is 22.5 Å². The van der Waals surface area contributed by atoms with Gasteiger partial charge in [0.2, 0.25) is 0 Å². The number of carbonyl (C=O) groups is 1. The van der Waals surface area contributed by atoms with Gasteiger partial charge < -0.3 is 0 Å². The molecule has 1 rings (SSSR count). The molecule has 0 heterocycles. The highest BCUT2D eigenvalue weighted by atomic mass is 35.5. The smallest absolute Gasteiger partial charge is 0.258 e. The van der Waals surface area contributed by atoms with E-state index in [1.54, 1.807) is 0 Å². The number of hydrogen-bond donors (Lipinski definition) is 2. The normalized spacial score (nSPS) is 9.85. The summed E-state index contributed by atoms with van der Waals surface area (Å²) in [7, 11) is 0. The highest BCUT2D eigenvalue weighted by Crippen LogP contribution is 2.21. The van der Waals surface area contributed by atoms with Crippen LogP contribution in [0.2, 0.25) is 0 Å². The average molecular weight is 208 g/mol. The lowest BCUT2D eigenvalue weighted by atomic mass is 10.2. The van der Waals surface area contributed by atoms with Crippen molar-refractivity contribution in [1.29, 1.82) is 0 Å². The second-order valence-electron chi connectivity index (χ2n) is 2.17. The third-order valence-corrected chi connectivity index (χ3v) is 1.60. The van der Waals surface area contributed by atoms with Gasteiger partial charge in [-0.3, -0.25) is 15.5 Å². The van der Waals surface area contributed by atoms with Crippen LogP contribution in [-0.2, 0) is 0 Å². The third-order valence-electron chi connectivity index (χ3n) is 1.41. The van der Waals surface area contributed by atoms with Crippen molar-refractivity contribution in [3.8, 4) is 0 Å². The minimum absolute atomic E-state index is 0.412. The lowest BCUT2D eigenvalue weighted by Gasteiger charge is -2.04.